The van der Waals surface area contributed by atoms with Crippen LogP contribution >= 0.6 is 0 Å². The molecule has 2 unspecified atom stereocenters. The molecule has 0 aromatic carbocycles. The van der Waals surface area contributed by atoms with E-state index < -0.39 is 21.2 Å². The van der Waals surface area contributed by atoms with Crippen molar-refractivity contribution in [2.75, 3.05) is 19.6 Å². The number of nitrogens with one attached hydrogen (secondary N) is 1. The van der Waals surface area contributed by atoms with Crippen LogP contribution in [0.1, 0.15) is 19.8 Å². The monoisotopic (exact) mass is 262 g/mol. The van der Waals surface area contributed by atoms with Crippen LogP contribution in [0.15, 0.2) is 0 Å². The number of carbonyl (C=O) groups is 1. The molecule has 3 rings (SSSR count). The first-order chi connectivity index (χ1) is 7.90. The molecule has 3 heterocycles. The number of rotatable bonds is 4. The fraction of sp³-hybridized carbons (Fsp3) is 0.900. The summed E-state index contributed by atoms with van der Waals surface area (Å²) in [4.78, 5) is 12.9. The van der Waals surface area contributed by atoms with Crippen LogP contribution in [0.5, 0.6) is 0 Å². The molecule has 0 radical (unpaired) electrons. The van der Waals surface area contributed by atoms with Crippen molar-refractivity contribution >= 4 is 16.0 Å². The van der Waals surface area contributed by atoms with Gasteiger partial charge < -0.3 is 10.0 Å². The smallest absolute Gasteiger partial charge is 0.323 e. The lowest BCUT2D eigenvalue weighted by Gasteiger charge is -2.44. The van der Waals surface area contributed by atoms with E-state index in [4.69, 9.17) is 5.11 Å². The zero-order valence-electron chi connectivity index (χ0n) is 9.80. The highest BCUT2D eigenvalue weighted by atomic mass is 32.2. The summed E-state index contributed by atoms with van der Waals surface area (Å²) in [5, 5.41) is 7.36. The van der Waals surface area contributed by atoms with E-state index in [1.165, 1.54) is 6.92 Å². The standard InChI is InChI=1S/C10H18N2O4S/c1-7(10(13)14)17(15,16)11-9-6-12-4-2-8(9)3-5-12/h7-9,11H,2-6H2,1H3,(H,13,14). The van der Waals surface area contributed by atoms with Crippen molar-refractivity contribution in [3.8, 4) is 0 Å². The van der Waals surface area contributed by atoms with Crippen LogP contribution in [0.4, 0.5) is 0 Å². The molecule has 0 amide bonds. The molecule has 0 aromatic rings. The Bertz CT molecular complexity index is 401. The molecule has 0 spiro atoms. The molecular formula is C10H18N2O4S. The van der Waals surface area contributed by atoms with Gasteiger partial charge in [0.25, 0.3) is 0 Å². The minimum absolute atomic E-state index is 0.121. The molecule has 3 fully saturated rings. The Morgan fingerprint density at radius 3 is 2.41 bits per heavy atom. The van der Waals surface area contributed by atoms with Crippen molar-refractivity contribution in [3.05, 3.63) is 0 Å². The van der Waals surface area contributed by atoms with Gasteiger partial charge in [0, 0.05) is 12.6 Å². The Balaban J connectivity index is 2.04. The molecule has 3 saturated heterocycles. The van der Waals surface area contributed by atoms with Crippen LogP contribution in [0.3, 0.4) is 0 Å². The summed E-state index contributed by atoms with van der Waals surface area (Å²) in [6, 6.07) is -0.121. The van der Waals surface area contributed by atoms with Gasteiger partial charge in [-0.3, -0.25) is 4.79 Å². The lowest BCUT2D eigenvalue weighted by Crippen LogP contribution is -2.58. The van der Waals surface area contributed by atoms with E-state index in [2.05, 4.69) is 9.62 Å². The quantitative estimate of drug-likeness (QED) is 0.711. The van der Waals surface area contributed by atoms with Gasteiger partial charge in [-0.1, -0.05) is 0 Å². The SMILES string of the molecule is CC(C(=O)O)S(=O)(=O)NC1CN2CCC1CC2. The van der Waals surface area contributed by atoms with Gasteiger partial charge in [-0.2, -0.15) is 0 Å². The molecule has 7 heteroatoms. The number of piperidine rings is 3. The van der Waals surface area contributed by atoms with Crippen molar-refractivity contribution < 1.29 is 18.3 Å². The third kappa shape index (κ3) is 2.61. The maximum atomic E-state index is 11.8. The fourth-order valence-corrected chi connectivity index (χ4v) is 3.70. The van der Waals surface area contributed by atoms with E-state index in [0.29, 0.717) is 12.5 Å². The van der Waals surface area contributed by atoms with E-state index in [-0.39, 0.29) is 6.04 Å². The second kappa shape index (κ2) is 4.55. The van der Waals surface area contributed by atoms with Crippen LogP contribution < -0.4 is 4.72 Å². The molecule has 2 atom stereocenters. The summed E-state index contributed by atoms with van der Waals surface area (Å²) in [5.74, 6) is -0.949. The summed E-state index contributed by atoms with van der Waals surface area (Å²) in [5.41, 5.74) is 0. The second-order valence-electron chi connectivity index (χ2n) is 4.89. The molecule has 0 aromatic heterocycles. The van der Waals surface area contributed by atoms with E-state index in [1.807, 2.05) is 0 Å². The number of fused-ring (bicyclic) bond motifs is 3. The number of hydrogen-bond donors (Lipinski definition) is 2. The summed E-state index contributed by atoms with van der Waals surface area (Å²) in [6.45, 7) is 3.96. The fourth-order valence-electron chi connectivity index (χ4n) is 2.54. The Labute approximate surface area is 101 Å². The average Bonchev–Trinajstić information content (AvgIpc) is 2.28. The van der Waals surface area contributed by atoms with Gasteiger partial charge in [-0.25, -0.2) is 13.1 Å². The van der Waals surface area contributed by atoms with Crippen LogP contribution in [0.2, 0.25) is 0 Å². The Kier molecular flexibility index (Phi) is 3.42. The van der Waals surface area contributed by atoms with Gasteiger partial charge in [0.2, 0.25) is 10.0 Å². The largest absolute Gasteiger partial charge is 0.480 e. The van der Waals surface area contributed by atoms with Crippen LogP contribution in [0.25, 0.3) is 0 Å². The van der Waals surface area contributed by atoms with Crippen molar-refractivity contribution in [2.24, 2.45) is 5.92 Å². The third-order valence-corrected chi connectivity index (χ3v) is 5.55. The molecule has 0 saturated carbocycles. The maximum Gasteiger partial charge on any atom is 0.323 e. The zero-order valence-corrected chi connectivity index (χ0v) is 10.6. The summed E-state index contributed by atoms with van der Waals surface area (Å²) < 4.78 is 26.2. The van der Waals surface area contributed by atoms with E-state index >= 15 is 0 Å². The average molecular weight is 262 g/mol. The number of sulfonamides is 1. The summed E-state index contributed by atoms with van der Waals surface area (Å²) in [6.07, 6.45) is 1.99. The lowest BCUT2D eigenvalue weighted by molar-refractivity contribution is -0.136. The number of nitrogens with zero attached hydrogens (tertiary/aromatic N) is 1. The van der Waals surface area contributed by atoms with Crippen molar-refractivity contribution in [1.29, 1.82) is 0 Å². The van der Waals surface area contributed by atoms with Crippen LogP contribution in [-0.4, -0.2) is 55.3 Å². The molecule has 3 aliphatic rings. The number of aliphatic carboxylic acids is 1. The van der Waals surface area contributed by atoms with Gasteiger partial charge in [0.1, 0.15) is 0 Å². The molecule has 0 aliphatic carbocycles. The van der Waals surface area contributed by atoms with Gasteiger partial charge >= 0.3 is 5.97 Å². The normalized spacial score (nSPS) is 34.5. The van der Waals surface area contributed by atoms with Crippen molar-refractivity contribution in [3.63, 3.8) is 0 Å². The van der Waals surface area contributed by atoms with E-state index in [0.717, 1.165) is 25.9 Å². The van der Waals surface area contributed by atoms with Gasteiger partial charge in [0.15, 0.2) is 5.25 Å². The third-order valence-electron chi connectivity index (χ3n) is 3.79. The molecular weight excluding hydrogens is 244 g/mol. The number of hydrogen-bond acceptors (Lipinski definition) is 4. The highest BCUT2D eigenvalue weighted by Crippen LogP contribution is 2.28. The second-order valence-corrected chi connectivity index (χ2v) is 6.92. The van der Waals surface area contributed by atoms with Gasteiger partial charge in [-0.15, -0.1) is 0 Å². The molecule has 98 valence electrons. The first-order valence-electron chi connectivity index (χ1n) is 5.86. The van der Waals surface area contributed by atoms with E-state index in [1.54, 1.807) is 0 Å². The minimum Gasteiger partial charge on any atom is -0.480 e. The number of carboxylic acid groups (broad SMARTS) is 1. The van der Waals surface area contributed by atoms with Crippen molar-refractivity contribution in [1.82, 2.24) is 9.62 Å². The Hall–Kier alpha value is -0.660. The van der Waals surface area contributed by atoms with Crippen molar-refractivity contribution in [2.45, 2.75) is 31.1 Å². The van der Waals surface area contributed by atoms with Crippen LogP contribution in [0, 0.1) is 5.92 Å². The molecule has 2 bridgehead atoms. The topological polar surface area (TPSA) is 86.7 Å². The molecule has 2 N–H and O–H groups in total. The first-order valence-corrected chi connectivity index (χ1v) is 7.41. The highest BCUT2D eigenvalue weighted by molar-refractivity contribution is 7.90. The van der Waals surface area contributed by atoms with Gasteiger partial charge in [0.05, 0.1) is 0 Å². The van der Waals surface area contributed by atoms with Gasteiger partial charge in [-0.05, 0) is 38.8 Å². The predicted molar refractivity (Wildman–Crippen MR) is 62.1 cm³/mol. The minimum atomic E-state index is -3.76. The van der Waals surface area contributed by atoms with E-state index in [9.17, 15) is 13.2 Å². The Morgan fingerprint density at radius 2 is 2.00 bits per heavy atom. The zero-order chi connectivity index (χ0) is 12.6. The summed E-state index contributed by atoms with van der Waals surface area (Å²) >= 11 is 0. The highest BCUT2D eigenvalue weighted by Gasteiger charge is 2.38. The lowest BCUT2D eigenvalue weighted by atomic mass is 9.85. The van der Waals surface area contributed by atoms with Crippen LogP contribution in [-0.2, 0) is 14.8 Å². The molecule has 6 nitrogen and oxygen atoms in total. The molecule has 3 aliphatic heterocycles. The first kappa shape index (κ1) is 12.8. The molecule has 17 heavy (non-hydrogen) atoms. The number of carboxylic acids is 1. The Morgan fingerprint density at radius 1 is 1.41 bits per heavy atom. The maximum absolute atomic E-state index is 11.8. The predicted octanol–water partition coefficient (Wildman–Crippen LogP) is -0.527. The summed E-state index contributed by atoms with van der Waals surface area (Å²) in [7, 11) is -3.76.